The van der Waals surface area contributed by atoms with Gasteiger partial charge in [0, 0.05) is 26.6 Å². The summed E-state index contributed by atoms with van der Waals surface area (Å²) in [5.41, 5.74) is 0. The summed E-state index contributed by atoms with van der Waals surface area (Å²) < 4.78 is 0. The number of rotatable bonds is 5. The summed E-state index contributed by atoms with van der Waals surface area (Å²) in [6.45, 7) is 5.67. The molecule has 0 aromatic rings. The van der Waals surface area contributed by atoms with Crippen LogP contribution in [0.2, 0.25) is 0 Å². The van der Waals surface area contributed by atoms with Crippen molar-refractivity contribution in [2.75, 3.05) is 20.6 Å². The van der Waals surface area contributed by atoms with Gasteiger partial charge in [0.1, 0.15) is 0 Å². The van der Waals surface area contributed by atoms with E-state index in [1.165, 1.54) is 19.3 Å². The average molecular weight is 240 g/mol. The molecule has 0 spiro atoms. The molecular weight excluding hydrogens is 212 g/mol. The van der Waals surface area contributed by atoms with Crippen LogP contribution in [0.3, 0.4) is 0 Å². The third-order valence-electron chi connectivity index (χ3n) is 3.90. The van der Waals surface area contributed by atoms with Crippen LogP contribution in [0.25, 0.3) is 0 Å². The highest BCUT2D eigenvalue weighted by Gasteiger charge is 2.24. The second-order valence-corrected chi connectivity index (χ2v) is 5.85. The number of hydrogen-bond donors (Lipinski definition) is 1. The first-order chi connectivity index (χ1) is 8.00. The van der Waals surface area contributed by atoms with Crippen LogP contribution < -0.4 is 5.32 Å². The summed E-state index contributed by atoms with van der Waals surface area (Å²) in [7, 11) is 3.64. The first-order valence-corrected chi connectivity index (χ1v) is 6.94. The van der Waals surface area contributed by atoms with Crippen molar-refractivity contribution in [2.45, 2.75) is 52.0 Å². The predicted molar refractivity (Wildman–Crippen MR) is 71.9 cm³/mol. The van der Waals surface area contributed by atoms with E-state index in [1.807, 2.05) is 14.1 Å². The molecule has 1 saturated carbocycles. The van der Waals surface area contributed by atoms with Crippen LogP contribution >= 0.6 is 0 Å². The summed E-state index contributed by atoms with van der Waals surface area (Å²) in [4.78, 5) is 13.1. The molecule has 0 saturated heterocycles. The van der Waals surface area contributed by atoms with Crippen molar-refractivity contribution in [3.8, 4) is 0 Å². The summed E-state index contributed by atoms with van der Waals surface area (Å²) in [6, 6.07) is 0.667. The van der Waals surface area contributed by atoms with Crippen LogP contribution in [0.5, 0.6) is 0 Å². The lowest BCUT2D eigenvalue weighted by atomic mass is 9.80. The molecule has 0 aliphatic heterocycles. The molecule has 3 heteroatoms. The lowest BCUT2D eigenvalue weighted by Gasteiger charge is -2.33. The number of carbonyl (C=O) groups is 1. The van der Waals surface area contributed by atoms with Crippen molar-refractivity contribution < 1.29 is 4.79 Å². The number of nitrogens with one attached hydrogen (secondary N) is 1. The van der Waals surface area contributed by atoms with Gasteiger partial charge in [0.15, 0.2) is 0 Å². The summed E-state index contributed by atoms with van der Waals surface area (Å²) in [5.74, 6) is 1.90. The van der Waals surface area contributed by atoms with Gasteiger partial charge < -0.3 is 10.2 Å². The lowest BCUT2D eigenvalue weighted by Crippen LogP contribution is -2.39. The Balaban J connectivity index is 2.12. The Hall–Kier alpha value is -0.570. The molecular formula is C14H28N2O. The van der Waals surface area contributed by atoms with Crippen molar-refractivity contribution in [3.05, 3.63) is 0 Å². The molecule has 17 heavy (non-hydrogen) atoms. The Labute approximate surface area is 106 Å². The van der Waals surface area contributed by atoms with Gasteiger partial charge in [-0.1, -0.05) is 13.8 Å². The number of nitrogens with zero attached hydrogens (tertiary/aromatic N) is 1. The zero-order chi connectivity index (χ0) is 12.8. The normalized spacial score (nSPS) is 29.1. The van der Waals surface area contributed by atoms with Crippen LogP contribution in [0.1, 0.15) is 46.0 Å². The maximum Gasteiger partial charge on any atom is 0.222 e. The second kappa shape index (κ2) is 7.00. The Morgan fingerprint density at radius 2 is 2.00 bits per heavy atom. The minimum absolute atomic E-state index is 0.233. The molecule has 0 aromatic carbocycles. The predicted octanol–water partition coefficient (Wildman–Crippen LogP) is 2.27. The largest absolute Gasteiger partial charge is 0.349 e. The summed E-state index contributed by atoms with van der Waals surface area (Å²) >= 11 is 0. The zero-order valence-electron chi connectivity index (χ0n) is 11.8. The Morgan fingerprint density at radius 3 is 2.59 bits per heavy atom. The fourth-order valence-electron chi connectivity index (χ4n) is 2.72. The van der Waals surface area contributed by atoms with E-state index in [4.69, 9.17) is 0 Å². The molecule has 3 nitrogen and oxygen atoms in total. The van der Waals surface area contributed by atoms with Gasteiger partial charge in [-0.3, -0.25) is 4.79 Å². The van der Waals surface area contributed by atoms with E-state index in [1.54, 1.807) is 4.90 Å². The minimum atomic E-state index is 0.233. The van der Waals surface area contributed by atoms with Crippen LogP contribution in [0.15, 0.2) is 0 Å². The van der Waals surface area contributed by atoms with E-state index in [-0.39, 0.29) is 5.91 Å². The number of hydrogen-bond acceptors (Lipinski definition) is 2. The Bertz CT molecular complexity index is 240. The van der Waals surface area contributed by atoms with Crippen LogP contribution in [-0.4, -0.2) is 37.5 Å². The molecule has 0 radical (unpaired) electrons. The topological polar surface area (TPSA) is 32.3 Å². The first kappa shape index (κ1) is 14.5. The highest BCUT2D eigenvalue weighted by Crippen LogP contribution is 2.28. The maximum absolute atomic E-state index is 11.4. The molecule has 3 atom stereocenters. The highest BCUT2D eigenvalue weighted by molar-refractivity contribution is 5.75. The van der Waals surface area contributed by atoms with Gasteiger partial charge in [-0.15, -0.1) is 0 Å². The van der Waals surface area contributed by atoms with Crippen molar-refractivity contribution >= 4 is 5.91 Å². The Morgan fingerprint density at radius 1 is 1.29 bits per heavy atom. The highest BCUT2D eigenvalue weighted by atomic mass is 16.2. The van der Waals surface area contributed by atoms with E-state index in [0.29, 0.717) is 12.5 Å². The number of carbonyl (C=O) groups excluding carboxylic acids is 1. The lowest BCUT2D eigenvalue weighted by molar-refractivity contribution is -0.128. The minimum Gasteiger partial charge on any atom is -0.349 e. The second-order valence-electron chi connectivity index (χ2n) is 5.85. The van der Waals surface area contributed by atoms with Crippen molar-refractivity contribution in [2.24, 2.45) is 11.8 Å². The van der Waals surface area contributed by atoms with E-state index in [0.717, 1.165) is 24.8 Å². The van der Waals surface area contributed by atoms with E-state index in [2.05, 4.69) is 19.2 Å². The first-order valence-electron chi connectivity index (χ1n) is 6.94. The molecule has 1 rings (SSSR count). The quantitative estimate of drug-likeness (QED) is 0.748. The monoisotopic (exact) mass is 240 g/mol. The molecule has 0 aromatic heterocycles. The van der Waals surface area contributed by atoms with Gasteiger partial charge in [0.2, 0.25) is 5.91 Å². The van der Waals surface area contributed by atoms with Gasteiger partial charge in [-0.2, -0.15) is 0 Å². The van der Waals surface area contributed by atoms with E-state index < -0.39 is 0 Å². The molecule has 1 aliphatic rings. The standard InChI is InChI=1S/C14H28N2O/c1-11-7-8-13(12(2)10-11)15-9-5-6-14(17)16(3)4/h11-13,15H,5-10H2,1-4H3. The third-order valence-corrected chi connectivity index (χ3v) is 3.90. The molecule has 1 aliphatic carbocycles. The smallest absolute Gasteiger partial charge is 0.222 e. The molecule has 100 valence electrons. The molecule has 1 N–H and O–H groups in total. The van der Waals surface area contributed by atoms with Crippen molar-refractivity contribution in [1.29, 1.82) is 0 Å². The molecule has 0 bridgehead atoms. The van der Waals surface area contributed by atoms with Gasteiger partial charge >= 0.3 is 0 Å². The van der Waals surface area contributed by atoms with E-state index >= 15 is 0 Å². The molecule has 3 unspecified atom stereocenters. The van der Waals surface area contributed by atoms with Gasteiger partial charge in [0.05, 0.1) is 0 Å². The van der Waals surface area contributed by atoms with Crippen LogP contribution in [-0.2, 0) is 4.79 Å². The average Bonchev–Trinajstić information content (AvgIpc) is 2.26. The fourth-order valence-corrected chi connectivity index (χ4v) is 2.72. The van der Waals surface area contributed by atoms with Crippen LogP contribution in [0, 0.1) is 11.8 Å². The van der Waals surface area contributed by atoms with Gasteiger partial charge in [0.25, 0.3) is 0 Å². The number of amides is 1. The SMILES string of the molecule is CC1CCC(NCCCC(=O)N(C)C)C(C)C1. The molecule has 0 heterocycles. The maximum atomic E-state index is 11.4. The van der Waals surface area contributed by atoms with Gasteiger partial charge in [-0.05, 0) is 44.1 Å². The third kappa shape index (κ3) is 5.07. The fraction of sp³-hybridized carbons (Fsp3) is 0.929. The molecule has 1 fully saturated rings. The summed E-state index contributed by atoms with van der Waals surface area (Å²) in [5, 5.41) is 3.62. The van der Waals surface area contributed by atoms with Crippen molar-refractivity contribution in [3.63, 3.8) is 0 Å². The zero-order valence-corrected chi connectivity index (χ0v) is 11.8. The molecule has 1 amide bonds. The van der Waals surface area contributed by atoms with Crippen molar-refractivity contribution in [1.82, 2.24) is 10.2 Å². The van der Waals surface area contributed by atoms with E-state index in [9.17, 15) is 4.79 Å². The van der Waals surface area contributed by atoms with Crippen LogP contribution in [0.4, 0.5) is 0 Å². The summed E-state index contributed by atoms with van der Waals surface area (Å²) in [6.07, 6.45) is 5.60. The Kier molecular flexibility index (Phi) is 5.96. The van der Waals surface area contributed by atoms with Gasteiger partial charge in [-0.25, -0.2) is 0 Å².